The highest BCUT2D eigenvalue weighted by atomic mass is 35.5. The van der Waals surface area contributed by atoms with Crippen molar-refractivity contribution in [3.8, 4) is 11.5 Å². The van der Waals surface area contributed by atoms with E-state index in [1.165, 1.54) is 0 Å². The van der Waals surface area contributed by atoms with E-state index >= 15 is 0 Å². The molecule has 2 aliphatic heterocycles. The minimum Gasteiger partial charge on any atom is -0.497 e. The lowest BCUT2D eigenvalue weighted by molar-refractivity contribution is -0.138. The van der Waals surface area contributed by atoms with E-state index in [9.17, 15) is 9.59 Å². The molecule has 34 heavy (non-hydrogen) atoms. The second-order valence-corrected chi connectivity index (χ2v) is 9.31. The highest BCUT2D eigenvalue weighted by Gasteiger charge is 2.33. The fourth-order valence-electron chi connectivity index (χ4n) is 4.77. The summed E-state index contributed by atoms with van der Waals surface area (Å²) in [6, 6.07) is 12.8. The van der Waals surface area contributed by atoms with Gasteiger partial charge in [-0.1, -0.05) is 11.6 Å². The molecule has 2 aliphatic rings. The van der Waals surface area contributed by atoms with Crippen molar-refractivity contribution in [1.82, 2.24) is 14.7 Å². The van der Waals surface area contributed by atoms with Gasteiger partial charge in [0.15, 0.2) is 0 Å². The maximum atomic E-state index is 13.3. The number of halogens is 1. The first kappa shape index (κ1) is 24.4. The van der Waals surface area contributed by atoms with Crippen LogP contribution in [0.1, 0.15) is 28.8 Å². The van der Waals surface area contributed by atoms with Crippen molar-refractivity contribution < 1.29 is 19.1 Å². The van der Waals surface area contributed by atoms with Crippen LogP contribution in [0.2, 0.25) is 5.02 Å². The maximum Gasteiger partial charge on any atom is 0.253 e. The first-order chi connectivity index (χ1) is 16.5. The van der Waals surface area contributed by atoms with Crippen molar-refractivity contribution in [3.63, 3.8) is 0 Å². The Morgan fingerprint density at radius 3 is 2.35 bits per heavy atom. The molecule has 2 heterocycles. The SMILES string of the molecule is COc1ccc(OC)c(CN2CCN(C(=O)[C@@H]3CCCN(C(=O)c4ccc(Cl)cc4)C3)CC2)c1. The normalized spacial score (nSPS) is 19.1. The topological polar surface area (TPSA) is 62.3 Å². The van der Waals surface area contributed by atoms with Crippen LogP contribution in [0.3, 0.4) is 0 Å². The quantitative estimate of drug-likeness (QED) is 0.626. The lowest BCUT2D eigenvalue weighted by atomic mass is 9.95. The average molecular weight is 486 g/mol. The summed E-state index contributed by atoms with van der Waals surface area (Å²) in [7, 11) is 3.33. The largest absolute Gasteiger partial charge is 0.497 e. The Hall–Kier alpha value is -2.77. The summed E-state index contributed by atoms with van der Waals surface area (Å²) in [5.74, 6) is 1.63. The van der Waals surface area contributed by atoms with Crippen molar-refractivity contribution in [2.45, 2.75) is 19.4 Å². The Labute approximate surface area is 206 Å². The third-order valence-electron chi connectivity index (χ3n) is 6.71. The van der Waals surface area contributed by atoms with Gasteiger partial charge in [0, 0.05) is 62.0 Å². The number of piperazine rings is 1. The number of ether oxygens (including phenoxy) is 2. The van der Waals surface area contributed by atoms with Gasteiger partial charge >= 0.3 is 0 Å². The average Bonchev–Trinajstić information content (AvgIpc) is 2.88. The summed E-state index contributed by atoms with van der Waals surface area (Å²) in [6.45, 7) is 4.87. The summed E-state index contributed by atoms with van der Waals surface area (Å²) in [4.78, 5) is 32.3. The van der Waals surface area contributed by atoms with Crippen LogP contribution in [-0.4, -0.2) is 80.0 Å². The smallest absolute Gasteiger partial charge is 0.253 e. The number of hydrogen-bond acceptors (Lipinski definition) is 5. The van der Waals surface area contributed by atoms with Gasteiger partial charge in [-0.05, 0) is 55.3 Å². The predicted octanol–water partition coefficient (Wildman–Crippen LogP) is 3.55. The molecule has 2 fully saturated rings. The van der Waals surface area contributed by atoms with Crippen molar-refractivity contribution >= 4 is 23.4 Å². The van der Waals surface area contributed by atoms with Gasteiger partial charge in [-0.3, -0.25) is 14.5 Å². The number of carbonyl (C=O) groups is 2. The van der Waals surface area contributed by atoms with Crippen LogP contribution in [0, 0.1) is 5.92 Å². The van der Waals surface area contributed by atoms with Crippen LogP contribution < -0.4 is 9.47 Å². The van der Waals surface area contributed by atoms with E-state index in [1.807, 2.05) is 23.1 Å². The fraction of sp³-hybridized carbons (Fsp3) is 0.462. The zero-order chi connectivity index (χ0) is 24.1. The predicted molar refractivity (Wildman–Crippen MR) is 131 cm³/mol. The van der Waals surface area contributed by atoms with Crippen molar-refractivity contribution in [3.05, 3.63) is 58.6 Å². The zero-order valence-electron chi connectivity index (χ0n) is 19.8. The lowest BCUT2D eigenvalue weighted by Crippen LogP contribution is -2.52. The number of nitrogens with zero attached hydrogens (tertiary/aromatic N) is 3. The minimum absolute atomic E-state index is 0.0359. The van der Waals surface area contributed by atoms with Crippen LogP contribution in [0.5, 0.6) is 11.5 Å². The lowest BCUT2D eigenvalue weighted by Gasteiger charge is -2.39. The van der Waals surface area contributed by atoms with Crippen LogP contribution in [0.15, 0.2) is 42.5 Å². The van der Waals surface area contributed by atoms with E-state index in [0.29, 0.717) is 36.8 Å². The zero-order valence-corrected chi connectivity index (χ0v) is 20.6. The second-order valence-electron chi connectivity index (χ2n) is 8.88. The van der Waals surface area contributed by atoms with Gasteiger partial charge in [-0.2, -0.15) is 0 Å². The molecule has 0 aliphatic carbocycles. The molecule has 2 aromatic rings. The third-order valence-corrected chi connectivity index (χ3v) is 6.97. The van der Waals surface area contributed by atoms with Gasteiger partial charge < -0.3 is 19.3 Å². The molecule has 2 saturated heterocycles. The summed E-state index contributed by atoms with van der Waals surface area (Å²) in [6.07, 6.45) is 1.66. The molecule has 2 amide bonds. The van der Waals surface area contributed by atoms with Crippen LogP contribution in [0.4, 0.5) is 0 Å². The van der Waals surface area contributed by atoms with Gasteiger partial charge in [0.2, 0.25) is 5.91 Å². The van der Waals surface area contributed by atoms with E-state index in [2.05, 4.69) is 4.90 Å². The molecular weight excluding hydrogens is 454 g/mol. The van der Waals surface area contributed by atoms with Crippen molar-refractivity contribution in [2.24, 2.45) is 5.92 Å². The van der Waals surface area contributed by atoms with Crippen LogP contribution in [0.25, 0.3) is 0 Å². The number of amides is 2. The monoisotopic (exact) mass is 485 g/mol. The Morgan fingerprint density at radius 2 is 1.68 bits per heavy atom. The number of methoxy groups -OCH3 is 2. The molecule has 7 nitrogen and oxygen atoms in total. The van der Waals surface area contributed by atoms with E-state index in [4.69, 9.17) is 21.1 Å². The van der Waals surface area contributed by atoms with Gasteiger partial charge in [0.1, 0.15) is 11.5 Å². The Balaban J connectivity index is 1.32. The summed E-state index contributed by atoms with van der Waals surface area (Å²) in [5, 5.41) is 0.604. The van der Waals surface area contributed by atoms with E-state index in [1.54, 1.807) is 43.4 Å². The molecule has 0 radical (unpaired) electrons. The molecule has 0 N–H and O–H groups in total. The number of benzene rings is 2. The minimum atomic E-state index is -0.143. The second kappa shape index (κ2) is 11.1. The van der Waals surface area contributed by atoms with E-state index in [0.717, 1.165) is 49.5 Å². The van der Waals surface area contributed by atoms with Gasteiger partial charge in [-0.15, -0.1) is 0 Å². The standard InChI is InChI=1S/C26H32ClN3O4/c1-33-23-9-10-24(34-2)21(16-23)17-28-12-14-29(15-13-28)26(32)20-4-3-11-30(18-20)25(31)19-5-7-22(27)8-6-19/h5-10,16,20H,3-4,11-15,17-18H2,1-2H3/t20-/m1/s1. The highest BCUT2D eigenvalue weighted by Crippen LogP contribution is 2.26. The molecule has 0 saturated carbocycles. The Morgan fingerprint density at radius 1 is 0.941 bits per heavy atom. The molecule has 0 unspecified atom stereocenters. The molecule has 0 spiro atoms. The van der Waals surface area contributed by atoms with Crippen molar-refractivity contribution in [2.75, 3.05) is 53.5 Å². The molecule has 0 aromatic heterocycles. The van der Waals surface area contributed by atoms with Crippen LogP contribution >= 0.6 is 11.6 Å². The van der Waals surface area contributed by atoms with E-state index in [-0.39, 0.29) is 17.7 Å². The van der Waals surface area contributed by atoms with Crippen molar-refractivity contribution in [1.29, 1.82) is 0 Å². The summed E-state index contributed by atoms with van der Waals surface area (Å²) in [5.41, 5.74) is 1.68. The summed E-state index contributed by atoms with van der Waals surface area (Å²) < 4.78 is 10.9. The van der Waals surface area contributed by atoms with Crippen LogP contribution in [-0.2, 0) is 11.3 Å². The number of piperidine rings is 1. The molecule has 4 rings (SSSR count). The van der Waals surface area contributed by atoms with E-state index < -0.39 is 0 Å². The Kier molecular flexibility index (Phi) is 7.95. The molecule has 1 atom stereocenters. The molecular formula is C26H32ClN3O4. The molecule has 8 heteroatoms. The molecule has 0 bridgehead atoms. The van der Waals surface area contributed by atoms with Gasteiger partial charge in [0.25, 0.3) is 5.91 Å². The van der Waals surface area contributed by atoms with Gasteiger partial charge in [0.05, 0.1) is 20.1 Å². The highest BCUT2D eigenvalue weighted by molar-refractivity contribution is 6.30. The summed E-state index contributed by atoms with van der Waals surface area (Å²) >= 11 is 5.95. The number of rotatable bonds is 6. The Bertz CT molecular complexity index is 1010. The number of carbonyl (C=O) groups excluding carboxylic acids is 2. The fourth-order valence-corrected chi connectivity index (χ4v) is 4.90. The first-order valence-electron chi connectivity index (χ1n) is 11.8. The van der Waals surface area contributed by atoms with Gasteiger partial charge in [-0.25, -0.2) is 0 Å². The third kappa shape index (κ3) is 5.65. The number of likely N-dealkylation sites (tertiary alicyclic amines) is 1. The molecule has 2 aromatic carbocycles. The first-order valence-corrected chi connectivity index (χ1v) is 12.1. The molecule has 182 valence electrons. The number of hydrogen-bond donors (Lipinski definition) is 0. The maximum absolute atomic E-state index is 13.3.